The summed E-state index contributed by atoms with van der Waals surface area (Å²) in [6.45, 7) is 1.53. The fourth-order valence-electron chi connectivity index (χ4n) is 3.43. The number of nitrogens with zero attached hydrogens (tertiary/aromatic N) is 2. The van der Waals surface area contributed by atoms with Crippen LogP contribution in [0.3, 0.4) is 0 Å². The van der Waals surface area contributed by atoms with Gasteiger partial charge in [-0.15, -0.1) is 0 Å². The van der Waals surface area contributed by atoms with Crippen LogP contribution in [0.1, 0.15) is 16.8 Å². The van der Waals surface area contributed by atoms with Crippen molar-refractivity contribution in [2.45, 2.75) is 19.5 Å². The number of aromatic amines is 1. The van der Waals surface area contributed by atoms with E-state index in [9.17, 15) is 9.18 Å². The van der Waals surface area contributed by atoms with Crippen LogP contribution in [0.5, 0.6) is 5.75 Å². The quantitative estimate of drug-likeness (QED) is 0.680. The minimum atomic E-state index is -0.280. The Balaban J connectivity index is 1.58. The number of nitrogen functional groups attached to an aromatic ring is 1. The first-order valence-electron chi connectivity index (χ1n) is 9.06. The highest BCUT2D eigenvalue weighted by Crippen LogP contribution is 2.23. The topological polar surface area (TPSA) is 84.2 Å². The number of aromatic nitrogens is 2. The molecule has 0 bridgehead atoms. The van der Waals surface area contributed by atoms with Gasteiger partial charge in [0.05, 0.1) is 18.4 Å². The Morgan fingerprint density at radius 1 is 1.25 bits per heavy atom. The Morgan fingerprint density at radius 3 is 2.79 bits per heavy atom. The maximum atomic E-state index is 14.1. The highest BCUT2D eigenvalue weighted by molar-refractivity contribution is 5.58. The van der Waals surface area contributed by atoms with Gasteiger partial charge < -0.3 is 15.5 Å². The molecular weight excluding hydrogens is 359 g/mol. The third-order valence-electron chi connectivity index (χ3n) is 4.98. The summed E-state index contributed by atoms with van der Waals surface area (Å²) < 4.78 is 19.3. The summed E-state index contributed by atoms with van der Waals surface area (Å²) >= 11 is 0. The summed E-state index contributed by atoms with van der Waals surface area (Å²) in [5.41, 5.74) is 9.00. The number of ether oxygens (including phenoxy) is 1. The Bertz CT molecular complexity index is 1060. The zero-order chi connectivity index (χ0) is 19.7. The molecule has 2 aromatic carbocycles. The molecule has 6 nitrogen and oxygen atoms in total. The highest BCUT2D eigenvalue weighted by Gasteiger charge is 2.22. The predicted octanol–water partition coefficient (Wildman–Crippen LogP) is 2.73. The van der Waals surface area contributed by atoms with Gasteiger partial charge in [0.2, 0.25) is 0 Å². The van der Waals surface area contributed by atoms with Crippen molar-refractivity contribution in [3.8, 4) is 17.1 Å². The smallest absolute Gasteiger partial charge is 0.255 e. The molecule has 0 saturated carbocycles. The van der Waals surface area contributed by atoms with Gasteiger partial charge in [0.1, 0.15) is 17.4 Å². The zero-order valence-electron chi connectivity index (χ0n) is 15.5. The second-order valence-electron chi connectivity index (χ2n) is 6.88. The van der Waals surface area contributed by atoms with Crippen molar-refractivity contribution in [3.63, 3.8) is 0 Å². The summed E-state index contributed by atoms with van der Waals surface area (Å²) in [5.74, 6) is 0.870. The lowest BCUT2D eigenvalue weighted by molar-refractivity contribution is 0.238. The molecule has 1 aliphatic rings. The summed E-state index contributed by atoms with van der Waals surface area (Å²) in [6.07, 6.45) is 0.632. The maximum Gasteiger partial charge on any atom is 0.255 e. The van der Waals surface area contributed by atoms with Gasteiger partial charge in [-0.1, -0.05) is 0 Å². The Morgan fingerprint density at radius 2 is 2.04 bits per heavy atom. The van der Waals surface area contributed by atoms with E-state index >= 15 is 0 Å². The van der Waals surface area contributed by atoms with Gasteiger partial charge >= 0.3 is 0 Å². The van der Waals surface area contributed by atoms with Crippen molar-refractivity contribution < 1.29 is 9.13 Å². The molecule has 3 aromatic rings. The molecule has 1 aromatic heterocycles. The number of rotatable bonds is 4. The fraction of sp³-hybridized carbons (Fsp3) is 0.238. The molecule has 0 fully saturated rings. The SMILES string of the molecule is COc1ccc(F)c(CN2CCc3nc(-c4ccc(N)cc4)[nH]c(=O)c3C2)c1. The number of benzene rings is 2. The van der Waals surface area contributed by atoms with E-state index in [0.717, 1.165) is 11.3 Å². The van der Waals surface area contributed by atoms with Crippen molar-refractivity contribution in [2.75, 3.05) is 19.4 Å². The number of anilines is 1. The molecule has 0 radical (unpaired) electrons. The summed E-state index contributed by atoms with van der Waals surface area (Å²) in [4.78, 5) is 22.2. The van der Waals surface area contributed by atoms with E-state index in [4.69, 9.17) is 10.5 Å². The van der Waals surface area contributed by atoms with Gasteiger partial charge in [-0.2, -0.15) is 0 Å². The molecule has 0 atom stereocenters. The molecule has 2 heterocycles. The number of hydrogen-bond acceptors (Lipinski definition) is 5. The molecule has 0 unspecified atom stereocenters. The first kappa shape index (κ1) is 18.2. The lowest BCUT2D eigenvalue weighted by Crippen LogP contribution is -2.35. The summed E-state index contributed by atoms with van der Waals surface area (Å²) in [6, 6.07) is 11.9. The van der Waals surface area contributed by atoms with Gasteiger partial charge in [0.25, 0.3) is 5.56 Å². The molecule has 0 saturated heterocycles. The van der Waals surface area contributed by atoms with E-state index in [1.807, 2.05) is 17.0 Å². The molecule has 1 aliphatic heterocycles. The number of hydrogen-bond donors (Lipinski definition) is 2. The Labute approximate surface area is 161 Å². The van der Waals surface area contributed by atoms with Gasteiger partial charge in [-0.3, -0.25) is 9.69 Å². The third kappa shape index (κ3) is 3.61. The molecule has 7 heteroatoms. The Hall–Kier alpha value is -3.19. The molecular formula is C21H21FN4O2. The van der Waals surface area contributed by atoms with Gasteiger partial charge in [-0.25, -0.2) is 9.37 Å². The number of H-pyrrole nitrogens is 1. The van der Waals surface area contributed by atoms with Crippen LogP contribution in [-0.2, 0) is 19.5 Å². The lowest BCUT2D eigenvalue weighted by Gasteiger charge is -2.28. The number of halogens is 1. The minimum absolute atomic E-state index is 0.160. The number of nitrogens with one attached hydrogen (secondary N) is 1. The van der Waals surface area contributed by atoms with Crippen molar-refractivity contribution in [1.82, 2.24) is 14.9 Å². The molecule has 0 amide bonds. The van der Waals surface area contributed by atoms with Gasteiger partial charge in [-0.05, 0) is 42.5 Å². The standard InChI is InChI=1S/C21H21FN4O2/c1-28-16-6-7-18(22)14(10-16)11-26-9-8-19-17(12-26)21(27)25-20(24-19)13-2-4-15(23)5-3-13/h2-7,10H,8-9,11-12,23H2,1H3,(H,24,25,27). The third-order valence-corrected chi connectivity index (χ3v) is 4.98. The first-order valence-corrected chi connectivity index (χ1v) is 9.06. The fourth-order valence-corrected chi connectivity index (χ4v) is 3.43. The number of nitrogens with two attached hydrogens (primary N) is 1. The van der Waals surface area contributed by atoms with Crippen LogP contribution in [0.2, 0.25) is 0 Å². The molecule has 4 rings (SSSR count). The highest BCUT2D eigenvalue weighted by atomic mass is 19.1. The number of methoxy groups -OCH3 is 1. The van der Waals surface area contributed by atoms with E-state index < -0.39 is 0 Å². The lowest BCUT2D eigenvalue weighted by atomic mass is 10.0. The molecule has 28 heavy (non-hydrogen) atoms. The van der Waals surface area contributed by atoms with Crippen molar-refractivity contribution in [2.24, 2.45) is 0 Å². The van der Waals surface area contributed by atoms with Crippen molar-refractivity contribution in [3.05, 3.63) is 75.5 Å². The largest absolute Gasteiger partial charge is 0.497 e. The van der Waals surface area contributed by atoms with Crippen LogP contribution in [0.4, 0.5) is 10.1 Å². The molecule has 144 valence electrons. The van der Waals surface area contributed by atoms with Crippen LogP contribution in [-0.4, -0.2) is 28.5 Å². The predicted molar refractivity (Wildman–Crippen MR) is 105 cm³/mol. The summed E-state index contributed by atoms with van der Waals surface area (Å²) in [5, 5.41) is 0. The molecule has 0 spiro atoms. The Kier molecular flexibility index (Phi) is 4.83. The van der Waals surface area contributed by atoms with E-state index in [0.29, 0.717) is 54.4 Å². The average Bonchev–Trinajstić information content (AvgIpc) is 2.70. The molecule has 3 N–H and O–H groups in total. The minimum Gasteiger partial charge on any atom is -0.497 e. The maximum absolute atomic E-state index is 14.1. The van der Waals surface area contributed by atoms with E-state index in [1.54, 1.807) is 31.4 Å². The molecule has 0 aliphatic carbocycles. The van der Waals surface area contributed by atoms with Crippen LogP contribution >= 0.6 is 0 Å². The summed E-state index contributed by atoms with van der Waals surface area (Å²) in [7, 11) is 1.55. The first-order chi connectivity index (χ1) is 13.5. The van der Waals surface area contributed by atoms with E-state index in [-0.39, 0.29) is 11.4 Å². The van der Waals surface area contributed by atoms with Crippen LogP contribution in [0.25, 0.3) is 11.4 Å². The van der Waals surface area contributed by atoms with Crippen LogP contribution in [0, 0.1) is 5.82 Å². The number of fused-ring (bicyclic) bond motifs is 1. The average molecular weight is 380 g/mol. The van der Waals surface area contributed by atoms with Crippen LogP contribution in [0.15, 0.2) is 47.3 Å². The van der Waals surface area contributed by atoms with Crippen molar-refractivity contribution >= 4 is 5.69 Å². The van der Waals surface area contributed by atoms with Crippen LogP contribution < -0.4 is 16.0 Å². The second kappa shape index (κ2) is 7.44. The van der Waals surface area contributed by atoms with Crippen molar-refractivity contribution in [1.29, 1.82) is 0 Å². The van der Waals surface area contributed by atoms with Gasteiger partial charge in [0.15, 0.2) is 0 Å². The van der Waals surface area contributed by atoms with E-state index in [2.05, 4.69) is 9.97 Å². The van der Waals surface area contributed by atoms with Gasteiger partial charge in [0, 0.05) is 42.9 Å². The zero-order valence-corrected chi connectivity index (χ0v) is 15.5. The normalized spacial score (nSPS) is 13.9. The monoisotopic (exact) mass is 380 g/mol. The van der Waals surface area contributed by atoms with E-state index in [1.165, 1.54) is 6.07 Å². The second-order valence-corrected chi connectivity index (χ2v) is 6.88.